The quantitative estimate of drug-likeness (QED) is 0.699. The Hall–Kier alpha value is -1.75. The maximum absolute atomic E-state index is 10.6. The second-order valence-corrected chi connectivity index (χ2v) is 4.80. The summed E-state index contributed by atoms with van der Waals surface area (Å²) in [6.45, 7) is 3.98. The maximum Gasteiger partial charge on any atom is 0.409 e. The van der Waals surface area contributed by atoms with Gasteiger partial charge in [-0.25, -0.2) is 4.79 Å². The Balaban J connectivity index is 2.40. The third-order valence-corrected chi connectivity index (χ3v) is 2.91. The van der Waals surface area contributed by atoms with Crippen LogP contribution in [0.5, 0.6) is 5.75 Å². The fourth-order valence-electron chi connectivity index (χ4n) is 2.10. The minimum atomic E-state index is -1.10. The van der Waals surface area contributed by atoms with Crippen molar-refractivity contribution in [3.63, 3.8) is 0 Å². The van der Waals surface area contributed by atoms with Crippen LogP contribution >= 0.6 is 0 Å². The first-order chi connectivity index (χ1) is 7.88. The molecule has 92 valence electrons. The minimum absolute atomic E-state index is 0.247. The normalized spacial score (nSPS) is 21.2. The van der Waals surface area contributed by atoms with E-state index in [1.165, 1.54) is 0 Å². The number of carboxylic acid groups (broad SMARTS) is 1. The molecule has 0 radical (unpaired) electrons. The van der Waals surface area contributed by atoms with Crippen molar-refractivity contribution in [2.45, 2.75) is 32.0 Å². The average Bonchev–Trinajstić information content (AvgIpc) is 2.17. The van der Waals surface area contributed by atoms with Crippen LogP contribution in [0.3, 0.4) is 0 Å². The number of anilines is 1. The predicted octanol–water partition coefficient (Wildman–Crippen LogP) is 2.15. The molecule has 0 aromatic heterocycles. The number of hydrogen-bond acceptors (Lipinski definition) is 3. The maximum atomic E-state index is 10.6. The van der Waals surface area contributed by atoms with Crippen molar-refractivity contribution in [1.29, 1.82) is 0 Å². The molecule has 17 heavy (non-hydrogen) atoms. The van der Waals surface area contributed by atoms with Gasteiger partial charge >= 0.3 is 6.09 Å². The zero-order valence-electron chi connectivity index (χ0n) is 9.73. The van der Waals surface area contributed by atoms with Crippen LogP contribution in [-0.2, 0) is 5.41 Å². The van der Waals surface area contributed by atoms with E-state index in [1.807, 2.05) is 13.8 Å². The van der Waals surface area contributed by atoms with E-state index in [0.717, 1.165) is 5.56 Å². The van der Waals surface area contributed by atoms with Gasteiger partial charge in [-0.3, -0.25) is 5.32 Å². The van der Waals surface area contributed by atoms with Gasteiger partial charge in [-0.2, -0.15) is 0 Å². The molecule has 1 heterocycles. The fraction of sp³-hybridized carbons (Fsp3) is 0.417. The fourth-order valence-corrected chi connectivity index (χ4v) is 2.10. The monoisotopic (exact) mass is 237 g/mol. The van der Waals surface area contributed by atoms with Gasteiger partial charge in [0, 0.05) is 17.7 Å². The van der Waals surface area contributed by atoms with Crippen molar-refractivity contribution in [1.82, 2.24) is 0 Å². The van der Waals surface area contributed by atoms with Crippen LogP contribution in [0.25, 0.3) is 0 Å². The summed E-state index contributed by atoms with van der Waals surface area (Å²) in [6, 6.07) is 5.03. The van der Waals surface area contributed by atoms with E-state index >= 15 is 0 Å². The SMILES string of the molecule is CC1(C)CC(O)Oc2ccc(NC(=O)O)cc21. The highest BCUT2D eigenvalue weighted by Crippen LogP contribution is 2.41. The van der Waals surface area contributed by atoms with Crippen LogP contribution in [0.4, 0.5) is 10.5 Å². The van der Waals surface area contributed by atoms with Gasteiger partial charge < -0.3 is 14.9 Å². The van der Waals surface area contributed by atoms with E-state index in [1.54, 1.807) is 18.2 Å². The average molecular weight is 237 g/mol. The highest BCUT2D eigenvalue weighted by atomic mass is 16.6. The molecule has 2 rings (SSSR count). The Morgan fingerprint density at radius 3 is 2.88 bits per heavy atom. The van der Waals surface area contributed by atoms with Crippen molar-refractivity contribution in [2.75, 3.05) is 5.32 Å². The molecule has 0 bridgehead atoms. The first-order valence-corrected chi connectivity index (χ1v) is 5.38. The summed E-state index contributed by atoms with van der Waals surface area (Å²) in [5, 5.41) is 20.5. The van der Waals surface area contributed by atoms with Gasteiger partial charge in [0.2, 0.25) is 0 Å². The van der Waals surface area contributed by atoms with Crippen molar-refractivity contribution in [3.05, 3.63) is 23.8 Å². The van der Waals surface area contributed by atoms with Crippen LogP contribution in [0.2, 0.25) is 0 Å². The van der Waals surface area contributed by atoms with Gasteiger partial charge in [0.1, 0.15) is 5.75 Å². The lowest BCUT2D eigenvalue weighted by Crippen LogP contribution is -2.34. The second kappa shape index (κ2) is 3.92. The summed E-state index contributed by atoms with van der Waals surface area (Å²) in [4.78, 5) is 10.6. The molecule has 1 aliphatic heterocycles. The number of hydrogen-bond donors (Lipinski definition) is 3. The lowest BCUT2D eigenvalue weighted by molar-refractivity contribution is -0.0497. The Kier molecular flexibility index (Phi) is 2.71. The molecular weight excluding hydrogens is 222 g/mol. The summed E-state index contributed by atoms with van der Waals surface area (Å²) in [7, 11) is 0. The molecule has 5 nitrogen and oxygen atoms in total. The molecule has 0 spiro atoms. The van der Waals surface area contributed by atoms with Crippen molar-refractivity contribution in [3.8, 4) is 5.75 Å². The van der Waals surface area contributed by atoms with Gasteiger partial charge in [-0.1, -0.05) is 13.8 Å². The molecule has 1 aliphatic rings. The van der Waals surface area contributed by atoms with E-state index in [0.29, 0.717) is 17.9 Å². The lowest BCUT2D eigenvalue weighted by Gasteiger charge is -2.35. The van der Waals surface area contributed by atoms with Gasteiger partial charge in [-0.05, 0) is 23.6 Å². The molecule has 0 fully saturated rings. The number of aliphatic hydroxyl groups excluding tert-OH is 1. The number of nitrogens with one attached hydrogen (secondary N) is 1. The van der Waals surface area contributed by atoms with Crippen molar-refractivity contribution < 1.29 is 19.7 Å². The van der Waals surface area contributed by atoms with Crippen LogP contribution in [0.1, 0.15) is 25.8 Å². The molecule has 1 aromatic carbocycles. The lowest BCUT2D eigenvalue weighted by atomic mass is 9.79. The highest BCUT2D eigenvalue weighted by Gasteiger charge is 2.33. The predicted molar refractivity (Wildman–Crippen MR) is 62.4 cm³/mol. The van der Waals surface area contributed by atoms with Crippen molar-refractivity contribution in [2.24, 2.45) is 0 Å². The van der Waals surface area contributed by atoms with E-state index in [4.69, 9.17) is 9.84 Å². The third-order valence-electron chi connectivity index (χ3n) is 2.91. The number of amides is 1. The number of aliphatic hydroxyl groups is 1. The number of rotatable bonds is 1. The molecule has 5 heteroatoms. The topological polar surface area (TPSA) is 78.8 Å². The summed E-state index contributed by atoms with van der Waals surface area (Å²) >= 11 is 0. The number of benzene rings is 1. The van der Waals surface area contributed by atoms with Crippen LogP contribution in [0.15, 0.2) is 18.2 Å². The number of fused-ring (bicyclic) bond motifs is 1. The van der Waals surface area contributed by atoms with E-state index in [9.17, 15) is 9.90 Å². The van der Waals surface area contributed by atoms with E-state index < -0.39 is 12.4 Å². The zero-order chi connectivity index (χ0) is 12.6. The zero-order valence-corrected chi connectivity index (χ0v) is 9.73. The van der Waals surface area contributed by atoms with Gasteiger partial charge in [0.05, 0.1) is 0 Å². The largest absolute Gasteiger partial charge is 0.465 e. The number of carbonyl (C=O) groups is 1. The molecule has 0 aliphatic carbocycles. The molecular formula is C12H15NO4. The molecule has 3 N–H and O–H groups in total. The summed E-state index contributed by atoms with van der Waals surface area (Å²) in [5.41, 5.74) is 1.15. The first-order valence-electron chi connectivity index (χ1n) is 5.38. The molecule has 1 aromatic rings. The Bertz CT molecular complexity index is 456. The molecule has 1 amide bonds. The third kappa shape index (κ3) is 2.34. The van der Waals surface area contributed by atoms with Gasteiger partial charge in [0.25, 0.3) is 0 Å². The molecule has 0 saturated heterocycles. The summed E-state index contributed by atoms with van der Waals surface area (Å²) in [6.07, 6.45) is -1.42. The molecule has 0 saturated carbocycles. The van der Waals surface area contributed by atoms with Crippen LogP contribution in [0, 0.1) is 0 Å². The van der Waals surface area contributed by atoms with Crippen LogP contribution < -0.4 is 10.1 Å². The Labute approximate surface area is 99.0 Å². The van der Waals surface area contributed by atoms with Gasteiger partial charge in [-0.15, -0.1) is 0 Å². The Morgan fingerprint density at radius 1 is 1.53 bits per heavy atom. The summed E-state index contributed by atoms with van der Waals surface area (Å²) in [5.74, 6) is 0.602. The van der Waals surface area contributed by atoms with E-state index in [-0.39, 0.29) is 5.41 Å². The Morgan fingerprint density at radius 2 is 2.24 bits per heavy atom. The summed E-state index contributed by atoms with van der Waals surface area (Å²) < 4.78 is 5.31. The highest BCUT2D eigenvalue weighted by molar-refractivity contribution is 5.83. The van der Waals surface area contributed by atoms with Crippen LogP contribution in [-0.4, -0.2) is 22.6 Å². The minimum Gasteiger partial charge on any atom is -0.465 e. The number of ether oxygens (including phenoxy) is 1. The standard InChI is InChI=1S/C12H15NO4/c1-12(2)6-10(14)17-9-4-3-7(5-8(9)12)13-11(15)16/h3-5,10,13-14H,6H2,1-2H3,(H,15,16). The molecule has 1 unspecified atom stereocenters. The first kappa shape index (κ1) is 11.7. The van der Waals surface area contributed by atoms with Crippen molar-refractivity contribution >= 4 is 11.8 Å². The second-order valence-electron chi connectivity index (χ2n) is 4.80. The van der Waals surface area contributed by atoms with E-state index in [2.05, 4.69) is 5.32 Å². The molecule has 1 atom stereocenters. The van der Waals surface area contributed by atoms with Gasteiger partial charge in [0.15, 0.2) is 6.29 Å². The smallest absolute Gasteiger partial charge is 0.409 e.